The first kappa shape index (κ1) is 37.2. The van der Waals surface area contributed by atoms with E-state index < -0.39 is 54.4 Å². The summed E-state index contributed by atoms with van der Waals surface area (Å²) in [5.74, 6) is -2.43. The molecule has 0 spiro atoms. The molecule has 0 fully saturated rings. The van der Waals surface area contributed by atoms with Crippen LogP contribution in [0.5, 0.6) is 0 Å². The van der Waals surface area contributed by atoms with E-state index in [1.165, 1.54) is 17.1 Å². The number of carbonyl (C=O) groups is 5. The molecule has 4 aromatic rings. The smallest absolute Gasteiger partial charge is 0.427 e. The maximum Gasteiger partial charge on any atom is 0.427 e. The lowest BCUT2D eigenvalue weighted by molar-refractivity contribution is -0.144. The average Bonchev–Trinajstić information content (AvgIpc) is 3.59. The van der Waals surface area contributed by atoms with Gasteiger partial charge in [0, 0.05) is 19.0 Å². The Morgan fingerprint density at radius 3 is 2.00 bits per heavy atom. The van der Waals surface area contributed by atoms with E-state index in [1.54, 1.807) is 41.5 Å². The Bertz CT molecular complexity index is 1920. The summed E-state index contributed by atoms with van der Waals surface area (Å²) >= 11 is 0. The number of alkyl carbamates (subject to hydrolysis) is 1. The third-order valence-electron chi connectivity index (χ3n) is 7.68. The van der Waals surface area contributed by atoms with Crippen molar-refractivity contribution < 1.29 is 43.3 Å². The van der Waals surface area contributed by atoms with Crippen LogP contribution in [0.25, 0.3) is 22.3 Å². The second-order valence-electron chi connectivity index (χ2n) is 14.0. The van der Waals surface area contributed by atoms with E-state index in [0.717, 1.165) is 27.2 Å². The van der Waals surface area contributed by atoms with Gasteiger partial charge < -0.3 is 34.1 Å². The zero-order valence-electron chi connectivity index (χ0n) is 29.8. The highest BCUT2D eigenvalue weighted by atomic mass is 16.6. The van der Waals surface area contributed by atoms with Crippen LogP contribution in [0.1, 0.15) is 58.6 Å². The Hall–Kier alpha value is -6.06. The molecule has 2 aromatic heterocycles. The van der Waals surface area contributed by atoms with Crippen molar-refractivity contribution in [3.8, 4) is 11.1 Å². The number of imide groups is 1. The Morgan fingerprint density at radius 1 is 0.865 bits per heavy atom. The zero-order chi connectivity index (χ0) is 37.8. The van der Waals surface area contributed by atoms with Crippen LogP contribution in [0.4, 0.5) is 20.3 Å². The molecule has 0 atom stereocenters. The summed E-state index contributed by atoms with van der Waals surface area (Å²) in [6, 6.07) is 15.9. The molecule has 0 radical (unpaired) electrons. The van der Waals surface area contributed by atoms with Crippen molar-refractivity contribution in [2.75, 3.05) is 31.1 Å². The number of carboxylic acid groups (broad SMARTS) is 1. The quantitative estimate of drug-likeness (QED) is 0.210. The number of hydrogen-bond acceptors (Lipinski definition) is 11. The number of benzene rings is 2. The van der Waals surface area contributed by atoms with Gasteiger partial charge in [0.2, 0.25) is 11.9 Å². The van der Waals surface area contributed by atoms with E-state index in [9.17, 15) is 29.1 Å². The van der Waals surface area contributed by atoms with Gasteiger partial charge in [-0.15, -0.1) is 4.90 Å². The minimum Gasteiger partial charge on any atom is -0.480 e. The van der Waals surface area contributed by atoms with E-state index in [1.807, 2.05) is 48.5 Å². The molecule has 0 aliphatic heterocycles. The van der Waals surface area contributed by atoms with Crippen molar-refractivity contribution in [1.82, 2.24) is 29.7 Å². The van der Waals surface area contributed by atoms with Crippen molar-refractivity contribution in [3.05, 3.63) is 72.2 Å². The van der Waals surface area contributed by atoms with Gasteiger partial charge in [-0.2, -0.15) is 4.98 Å². The molecular formula is C36H41N7O9. The Labute approximate surface area is 299 Å². The van der Waals surface area contributed by atoms with E-state index in [2.05, 4.69) is 20.3 Å². The lowest BCUT2D eigenvalue weighted by Crippen LogP contribution is -2.44. The van der Waals surface area contributed by atoms with Gasteiger partial charge in [-0.05, 0) is 63.8 Å². The highest BCUT2D eigenvalue weighted by molar-refractivity contribution is 6.08. The molecule has 1 aliphatic carbocycles. The van der Waals surface area contributed by atoms with Crippen molar-refractivity contribution >= 4 is 47.3 Å². The van der Waals surface area contributed by atoms with Gasteiger partial charge in [0.05, 0.1) is 12.5 Å². The van der Waals surface area contributed by atoms with E-state index in [-0.39, 0.29) is 42.7 Å². The number of nitrogens with one attached hydrogen (secondary N) is 1. The zero-order valence-corrected chi connectivity index (χ0v) is 29.8. The molecule has 16 nitrogen and oxygen atoms in total. The highest BCUT2D eigenvalue weighted by Gasteiger charge is 2.35. The number of amides is 4. The van der Waals surface area contributed by atoms with Crippen molar-refractivity contribution in [2.45, 2.75) is 65.2 Å². The van der Waals surface area contributed by atoms with Crippen molar-refractivity contribution in [1.29, 1.82) is 0 Å². The molecule has 274 valence electrons. The molecule has 0 unspecified atom stereocenters. The van der Waals surface area contributed by atoms with Crippen molar-refractivity contribution in [3.63, 3.8) is 0 Å². The van der Waals surface area contributed by atoms with Crippen LogP contribution in [-0.2, 0) is 30.3 Å². The summed E-state index contributed by atoms with van der Waals surface area (Å²) in [4.78, 5) is 78.2. The van der Waals surface area contributed by atoms with Crippen molar-refractivity contribution in [2.24, 2.45) is 0 Å². The van der Waals surface area contributed by atoms with Gasteiger partial charge in [0.15, 0.2) is 5.65 Å². The van der Waals surface area contributed by atoms with Gasteiger partial charge >= 0.3 is 24.2 Å². The van der Waals surface area contributed by atoms with Crippen LogP contribution in [0.15, 0.2) is 61.1 Å². The molecule has 4 amide bonds. The lowest BCUT2D eigenvalue weighted by Gasteiger charge is -2.27. The number of nitrogens with zero attached hydrogens (tertiary/aromatic N) is 6. The molecular weight excluding hydrogens is 674 g/mol. The largest absolute Gasteiger partial charge is 0.480 e. The SMILES string of the molecule is CC(C)(C)OC(=O)N(C(=O)OC(C)(C)C)c1ncc2ncn(CC(=O)N(CCNC(=O)OCC3c4ccccc4-c4ccccc43)CC(=O)O)c2n1. The Morgan fingerprint density at radius 2 is 1.44 bits per heavy atom. The summed E-state index contributed by atoms with van der Waals surface area (Å²) < 4.78 is 17.7. The van der Waals surface area contributed by atoms with Gasteiger partial charge in [-0.3, -0.25) is 9.59 Å². The van der Waals surface area contributed by atoms with Crippen LogP contribution < -0.4 is 10.2 Å². The van der Waals surface area contributed by atoms with E-state index in [0.29, 0.717) is 4.90 Å². The number of hydrogen-bond donors (Lipinski definition) is 2. The van der Waals surface area contributed by atoms with Crippen LogP contribution in [0.3, 0.4) is 0 Å². The highest BCUT2D eigenvalue weighted by Crippen LogP contribution is 2.44. The first-order chi connectivity index (χ1) is 24.5. The number of rotatable bonds is 10. The molecule has 0 bridgehead atoms. The Balaban J connectivity index is 1.25. The average molecular weight is 716 g/mol. The van der Waals surface area contributed by atoms with Crippen LogP contribution in [0.2, 0.25) is 0 Å². The number of imidazole rings is 1. The summed E-state index contributed by atoms with van der Waals surface area (Å²) in [5.41, 5.74) is 2.66. The molecule has 5 rings (SSSR count). The second kappa shape index (κ2) is 15.0. The van der Waals surface area contributed by atoms with E-state index in [4.69, 9.17) is 14.2 Å². The molecule has 0 saturated carbocycles. The summed E-state index contributed by atoms with van der Waals surface area (Å²) in [6.07, 6.45) is -0.332. The molecule has 16 heteroatoms. The summed E-state index contributed by atoms with van der Waals surface area (Å²) in [7, 11) is 0. The fourth-order valence-corrected chi connectivity index (χ4v) is 5.57. The predicted molar refractivity (Wildman–Crippen MR) is 188 cm³/mol. The topological polar surface area (TPSA) is 195 Å². The number of aliphatic carboxylic acids is 1. The Kier molecular flexibility index (Phi) is 10.8. The van der Waals surface area contributed by atoms with Gasteiger partial charge in [0.25, 0.3) is 0 Å². The first-order valence-electron chi connectivity index (χ1n) is 16.5. The monoisotopic (exact) mass is 715 g/mol. The molecule has 2 heterocycles. The minimum atomic E-state index is -1.26. The number of aromatic nitrogens is 4. The van der Waals surface area contributed by atoms with Gasteiger partial charge in [0.1, 0.15) is 36.4 Å². The number of anilines is 1. The number of fused-ring (bicyclic) bond motifs is 4. The van der Waals surface area contributed by atoms with Gasteiger partial charge in [-0.25, -0.2) is 24.4 Å². The fourth-order valence-electron chi connectivity index (χ4n) is 5.57. The standard InChI is InChI=1S/C36H41N7O9/c1-35(2,3)51-33(48)43(34(49)52-36(4,5)6)31-38-17-27-30(40-31)42(21-39-27)18-28(44)41(19-29(45)46)16-15-37-32(47)50-20-26-24-13-9-7-11-22(24)23-12-8-10-14-25(23)26/h7-14,17,21,26H,15-16,18-20H2,1-6H3,(H,37,47)(H,45,46). The second-order valence-corrected chi connectivity index (χ2v) is 14.0. The van der Waals surface area contributed by atoms with Gasteiger partial charge in [-0.1, -0.05) is 48.5 Å². The third-order valence-corrected chi connectivity index (χ3v) is 7.68. The van der Waals surface area contributed by atoms with Crippen LogP contribution in [0, 0.1) is 0 Å². The molecule has 2 aromatic carbocycles. The number of ether oxygens (including phenoxy) is 3. The third kappa shape index (κ3) is 8.99. The summed E-state index contributed by atoms with van der Waals surface area (Å²) in [6.45, 7) is 8.54. The van der Waals surface area contributed by atoms with Crippen LogP contribution >= 0.6 is 0 Å². The minimum absolute atomic E-state index is 0.0718. The molecule has 1 aliphatic rings. The summed E-state index contributed by atoms with van der Waals surface area (Å²) in [5, 5.41) is 12.1. The predicted octanol–water partition coefficient (Wildman–Crippen LogP) is 4.95. The maximum atomic E-state index is 13.4. The lowest BCUT2D eigenvalue weighted by atomic mass is 9.98. The molecule has 2 N–H and O–H groups in total. The van der Waals surface area contributed by atoms with E-state index >= 15 is 0 Å². The maximum absolute atomic E-state index is 13.4. The normalized spacial score (nSPS) is 12.4. The molecule has 0 saturated heterocycles. The first-order valence-corrected chi connectivity index (χ1v) is 16.5. The fraction of sp³-hybridized carbons (Fsp3) is 0.389. The number of carbonyl (C=O) groups excluding carboxylic acids is 4. The molecule has 52 heavy (non-hydrogen) atoms. The van der Waals surface area contributed by atoms with Crippen LogP contribution in [-0.4, -0.2) is 97.1 Å². The number of carboxylic acids is 1.